The first kappa shape index (κ1) is 12.3. The van der Waals surface area contributed by atoms with Gasteiger partial charge in [-0.2, -0.15) is 5.26 Å². The predicted octanol–water partition coefficient (Wildman–Crippen LogP) is 1.35. The quantitative estimate of drug-likeness (QED) is 0.654. The lowest BCUT2D eigenvalue weighted by atomic mass is 10.2. The summed E-state index contributed by atoms with van der Waals surface area (Å²) in [5.74, 6) is -1.41. The van der Waals surface area contributed by atoms with Crippen molar-refractivity contribution in [2.24, 2.45) is 0 Å². The average molecular weight is 258 g/mol. The third-order valence-corrected chi connectivity index (χ3v) is 2.38. The van der Waals surface area contributed by atoms with Crippen molar-refractivity contribution >= 4 is 11.7 Å². The lowest BCUT2D eigenvalue weighted by Gasteiger charge is -2.05. The van der Waals surface area contributed by atoms with E-state index in [1.54, 1.807) is 0 Å². The number of nitriles is 1. The van der Waals surface area contributed by atoms with E-state index in [0.717, 1.165) is 12.3 Å². The number of aromatic nitrogens is 2. The number of hydrogen-bond donors (Lipinski definition) is 1. The fourth-order valence-corrected chi connectivity index (χ4v) is 1.54. The van der Waals surface area contributed by atoms with Gasteiger partial charge in [0.2, 0.25) is 5.82 Å². The molecular weight excluding hydrogens is 252 g/mol. The van der Waals surface area contributed by atoms with Crippen molar-refractivity contribution in [1.29, 1.82) is 5.26 Å². The fraction of sp³-hybridized carbons (Fsp3) is 0. The standard InChI is InChI=1S/C11H6N4O4/c12-5-8-2-1-3-14(8)10-9(15(18)19)4-7(6-13-10)11(16)17/h1-4,6H,(H,16,17). The highest BCUT2D eigenvalue weighted by atomic mass is 16.6. The normalized spacial score (nSPS) is 9.84. The van der Waals surface area contributed by atoms with Crippen LogP contribution in [0, 0.1) is 21.4 Å². The number of aromatic carboxylic acids is 1. The second-order valence-corrected chi connectivity index (χ2v) is 3.50. The van der Waals surface area contributed by atoms with E-state index >= 15 is 0 Å². The Morgan fingerprint density at radius 3 is 2.89 bits per heavy atom. The number of carboxylic acids is 1. The first-order valence-corrected chi connectivity index (χ1v) is 5.00. The molecule has 0 unspecified atom stereocenters. The number of nitrogens with zero attached hydrogens (tertiary/aromatic N) is 4. The van der Waals surface area contributed by atoms with Gasteiger partial charge in [0.25, 0.3) is 0 Å². The van der Waals surface area contributed by atoms with Crippen LogP contribution in [0.5, 0.6) is 0 Å². The van der Waals surface area contributed by atoms with E-state index in [0.29, 0.717) is 0 Å². The second kappa shape index (κ2) is 4.58. The van der Waals surface area contributed by atoms with Gasteiger partial charge in [0.1, 0.15) is 11.8 Å². The first-order chi connectivity index (χ1) is 9.04. The Balaban J connectivity index is 2.68. The molecule has 1 N–H and O–H groups in total. The van der Waals surface area contributed by atoms with Crippen LogP contribution < -0.4 is 0 Å². The van der Waals surface area contributed by atoms with Crippen LogP contribution in [0.3, 0.4) is 0 Å². The van der Waals surface area contributed by atoms with Gasteiger partial charge in [0, 0.05) is 18.5 Å². The Labute approximate surface area is 106 Å². The molecule has 0 aromatic carbocycles. The zero-order valence-corrected chi connectivity index (χ0v) is 9.35. The molecule has 0 aliphatic heterocycles. The fourth-order valence-electron chi connectivity index (χ4n) is 1.54. The van der Waals surface area contributed by atoms with Gasteiger partial charge < -0.3 is 5.11 Å². The molecule has 0 amide bonds. The monoisotopic (exact) mass is 258 g/mol. The van der Waals surface area contributed by atoms with Gasteiger partial charge >= 0.3 is 11.7 Å². The Morgan fingerprint density at radius 1 is 1.58 bits per heavy atom. The summed E-state index contributed by atoms with van der Waals surface area (Å²) in [6.07, 6.45) is 2.44. The molecule has 0 bridgehead atoms. The lowest BCUT2D eigenvalue weighted by molar-refractivity contribution is -0.384. The van der Waals surface area contributed by atoms with Crippen molar-refractivity contribution in [1.82, 2.24) is 9.55 Å². The summed E-state index contributed by atoms with van der Waals surface area (Å²) in [6.45, 7) is 0. The van der Waals surface area contributed by atoms with Crippen LogP contribution in [0.1, 0.15) is 16.1 Å². The molecule has 0 saturated heterocycles. The van der Waals surface area contributed by atoms with Crippen LogP contribution in [-0.4, -0.2) is 25.6 Å². The Morgan fingerprint density at radius 2 is 2.32 bits per heavy atom. The Bertz CT molecular complexity index is 714. The first-order valence-electron chi connectivity index (χ1n) is 5.00. The summed E-state index contributed by atoms with van der Waals surface area (Å²) in [5.41, 5.74) is -0.604. The molecule has 0 aliphatic carbocycles. The molecular formula is C11H6N4O4. The summed E-state index contributed by atoms with van der Waals surface area (Å²) in [4.78, 5) is 24.8. The zero-order valence-electron chi connectivity index (χ0n) is 9.35. The van der Waals surface area contributed by atoms with Crippen LogP contribution in [0.25, 0.3) is 5.82 Å². The summed E-state index contributed by atoms with van der Waals surface area (Å²) >= 11 is 0. The SMILES string of the molecule is N#Cc1cccn1-c1ncc(C(=O)O)cc1[N+](=O)[O-]. The van der Waals surface area contributed by atoms with Crippen molar-refractivity contribution in [2.45, 2.75) is 0 Å². The molecule has 19 heavy (non-hydrogen) atoms. The van der Waals surface area contributed by atoms with Crippen LogP contribution in [0.4, 0.5) is 5.69 Å². The molecule has 2 aromatic heterocycles. The molecule has 8 nitrogen and oxygen atoms in total. The van der Waals surface area contributed by atoms with E-state index in [-0.39, 0.29) is 17.1 Å². The minimum atomic E-state index is -1.31. The van der Waals surface area contributed by atoms with E-state index in [9.17, 15) is 14.9 Å². The van der Waals surface area contributed by atoms with Crippen molar-refractivity contribution < 1.29 is 14.8 Å². The molecule has 8 heteroatoms. The van der Waals surface area contributed by atoms with Gasteiger partial charge in [-0.1, -0.05) is 0 Å². The average Bonchev–Trinajstić information content (AvgIpc) is 2.85. The van der Waals surface area contributed by atoms with Gasteiger partial charge in [-0.3, -0.25) is 14.7 Å². The van der Waals surface area contributed by atoms with E-state index in [1.807, 2.05) is 6.07 Å². The highest BCUT2D eigenvalue weighted by molar-refractivity contribution is 5.88. The van der Waals surface area contributed by atoms with Gasteiger partial charge in [-0.15, -0.1) is 0 Å². The van der Waals surface area contributed by atoms with Crippen molar-refractivity contribution in [3.8, 4) is 11.9 Å². The molecule has 0 spiro atoms. The number of hydrogen-bond acceptors (Lipinski definition) is 5. The third kappa shape index (κ3) is 2.12. The lowest BCUT2D eigenvalue weighted by Crippen LogP contribution is -2.07. The number of pyridine rings is 1. The summed E-state index contributed by atoms with van der Waals surface area (Å²) < 4.78 is 1.23. The molecule has 2 heterocycles. The highest BCUT2D eigenvalue weighted by Gasteiger charge is 2.21. The molecule has 2 rings (SSSR count). The molecule has 0 atom stereocenters. The molecule has 0 fully saturated rings. The Kier molecular flexibility index (Phi) is 2.95. The number of carboxylic acid groups (broad SMARTS) is 1. The van der Waals surface area contributed by atoms with Crippen molar-refractivity contribution in [2.75, 3.05) is 0 Å². The zero-order chi connectivity index (χ0) is 14.0. The van der Waals surface area contributed by atoms with Gasteiger partial charge in [0.15, 0.2) is 0 Å². The molecule has 0 saturated carbocycles. The van der Waals surface area contributed by atoms with Crippen LogP contribution in [0.15, 0.2) is 30.6 Å². The minimum absolute atomic E-state index is 0.100. The molecule has 94 valence electrons. The topological polar surface area (TPSA) is 122 Å². The maximum Gasteiger partial charge on any atom is 0.337 e. The van der Waals surface area contributed by atoms with E-state index in [1.165, 1.54) is 22.9 Å². The van der Waals surface area contributed by atoms with E-state index in [4.69, 9.17) is 10.4 Å². The highest BCUT2D eigenvalue weighted by Crippen LogP contribution is 2.23. The van der Waals surface area contributed by atoms with E-state index in [2.05, 4.69) is 4.98 Å². The van der Waals surface area contributed by atoms with Crippen molar-refractivity contribution in [3.63, 3.8) is 0 Å². The van der Waals surface area contributed by atoms with Gasteiger partial charge in [-0.05, 0) is 12.1 Å². The third-order valence-electron chi connectivity index (χ3n) is 2.38. The predicted molar refractivity (Wildman–Crippen MR) is 61.9 cm³/mol. The maximum absolute atomic E-state index is 11.0. The summed E-state index contributed by atoms with van der Waals surface area (Å²) in [7, 11) is 0. The Hall–Kier alpha value is -3.21. The van der Waals surface area contributed by atoms with Crippen LogP contribution in [0.2, 0.25) is 0 Å². The molecule has 0 radical (unpaired) electrons. The van der Waals surface area contributed by atoms with E-state index < -0.39 is 16.6 Å². The number of nitro groups is 1. The smallest absolute Gasteiger partial charge is 0.337 e. The van der Waals surface area contributed by atoms with Crippen LogP contribution in [-0.2, 0) is 0 Å². The largest absolute Gasteiger partial charge is 0.478 e. The van der Waals surface area contributed by atoms with Gasteiger partial charge in [0.05, 0.1) is 10.5 Å². The number of rotatable bonds is 3. The van der Waals surface area contributed by atoms with Crippen molar-refractivity contribution in [3.05, 3.63) is 52.0 Å². The number of carbonyl (C=O) groups is 1. The summed E-state index contributed by atoms with van der Waals surface area (Å²) in [6, 6.07) is 5.78. The molecule has 2 aromatic rings. The second-order valence-electron chi connectivity index (χ2n) is 3.50. The minimum Gasteiger partial charge on any atom is -0.478 e. The van der Waals surface area contributed by atoms with Gasteiger partial charge in [-0.25, -0.2) is 9.78 Å². The maximum atomic E-state index is 11.0. The summed E-state index contributed by atoms with van der Waals surface area (Å²) in [5, 5.41) is 28.6. The van der Waals surface area contributed by atoms with Crippen LogP contribution >= 0.6 is 0 Å². The molecule has 0 aliphatic rings.